The first-order valence-electron chi connectivity index (χ1n) is 3.98. The van der Waals surface area contributed by atoms with Crippen molar-refractivity contribution < 1.29 is 0 Å². The molecule has 2 fully saturated rings. The lowest BCUT2D eigenvalue weighted by Gasteiger charge is -2.33. The van der Waals surface area contributed by atoms with Gasteiger partial charge in [-0.15, -0.1) is 0 Å². The van der Waals surface area contributed by atoms with Crippen LogP contribution in [0.4, 0.5) is 0 Å². The largest absolute Gasteiger partial charge is 0.303 e. The van der Waals surface area contributed by atoms with Gasteiger partial charge in [0.2, 0.25) is 0 Å². The second-order valence-corrected chi connectivity index (χ2v) is 4.67. The quantitative estimate of drug-likeness (QED) is 0.390. The summed E-state index contributed by atoms with van der Waals surface area (Å²) in [7, 11) is 0. The molecule has 0 aliphatic carbocycles. The third-order valence-corrected chi connectivity index (χ3v) is 3.30. The van der Waals surface area contributed by atoms with Crippen LogP contribution in [0.1, 0.15) is 12.8 Å². The van der Waals surface area contributed by atoms with Crippen molar-refractivity contribution in [3.8, 4) is 0 Å². The van der Waals surface area contributed by atoms with E-state index < -0.39 is 0 Å². The van der Waals surface area contributed by atoms with E-state index in [1.54, 1.807) is 0 Å². The number of fused-ring (bicyclic) bond motifs is 1. The van der Waals surface area contributed by atoms with Crippen LogP contribution in [0.2, 0.25) is 0 Å². The Hall–Kier alpha value is 0.650. The fourth-order valence-electron chi connectivity index (χ4n) is 1.90. The Kier molecular flexibility index (Phi) is 2.15. The van der Waals surface area contributed by atoms with Crippen molar-refractivity contribution in [2.24, 2.45) is 0 Å². The molecular weight excluding hydrogens is 239 g/mol. The summed E-state index contributed by atoms with van der Waals surface area (Å²) < 4.78 is 0.687. The van der Waals surface area contributed by atoms with E-state index in [-0.39, 0.29) is 0 Å². The fourth-order valence-corrected chi connectivity index (χ4v) is 2.66. The maximum absolute atomic E-state index is 3.50. The predicted octanol–water partition coefficient (Wildman–Crippen LogP) is 0.815. The number of alkyl halides is 1. The molecule has 0 radical (unpaired) electrons. The Morgan fingerprint density at radius 2 is 2.40 bits per heavy atom. The number of nitrogens with one attached hydrogen (secondary N) is 1. The van der Waals surface area contributed by atoms with Crippen LogP contribution in [0, 0.1) is 0 Å². The van der Waals surface area contributed by atoms with Crippen LogP contribution < -0.4 is 5.32 Å². The van der Waals surface area contributed by atoms with Crippen LogP contribution in [-0.2, 0) is 0 Å². The average Bonchev–Trinajstić information content (AvgIpc) is 2.33. The number of hydrogen-bond donors (Lipinski definition) is 1. The van der Waals surface area contributed by atoms with Crippen LogP contribution in [0.5, 0.6) is 0 Å². The van der Waals surface area contributed by atoms with E-state index in [1.165, 1.54) is 32.5 Å². The summed E-state index contributed by atoms with van der Waals surface area (Å²) in [4.78, 5) is 2.62. The minimum atomic E-state index is 0.687. The Morgan fingerprint density at radius 3 is 3.30 bits per heavy atom. The first-order chi connectivity index (χ1) is 4.86. The lowest BCUT2D eigenvalue weighted by molar-refractivity contribution is 0.207. The lowest BCUT2D eigenvalue weighted by atomic mass is 10.2. The van der Waals surface area contributed by atoms with Crippen molar-refractivity contribution in [1.29, 1.82) is 0 Å². The number of hydrogen-bond acceptors (Lipinski definition) is 2. The van der Waals surface area contributed by atoms with Crippen molar-refractivity contribution in [3.05, 3.63) is 0 Å². The minimum Gasteiger partial charge on any atom is -0.303 e. The number of halogens is 1. The van der Waals surface area contributed by atoms with Gasteiger partial charge in [0.1, 0.15) is 0 Å². The summed E-state index contributed by atoms with van der Waals surface area (Å²) in [5, 5.41) is 3.50. The highest BCUT2D eigenvalue weighted by atomic mass is 127. The van der Waals surface area contributed by atoms with E-state index in [4.69, 9.17) is 0 Å². The smallest absolute Gasteiger partial charge is 0.0723 e. The molecule has 2 rings (SSSR count). The SMILES string of the molecule is IC1CN2CCCC2CN1. The van der Waals surface area contributed by atoms with Gasteiger partial charge in [-0.05, 0) is 19.4 Å². The molecule has 0 spiro atoms. The molecule has 2 aliphatic heterocycles. The highest BCUT2D eigenvalue weighted by molar-refractivity contribution is 14.1. The zero-order valence-corrected chi connectivity index (χ0v) is 8.17. The van der Waals surface area contributed by atoms with Crippen LogP contribution in [-0.4, -0.2) is 34.6 Å². The lowest BCUT2D eigenvalue weighted by Crippen LogP contribution is -2.51. The molecule has 2 aliphatic rings. The van der Waals surface area contributed by atoms with Gasteiger partial charge in [0.05, 0.1) is 4.05 Å². The van der Waals surface area contributed by atoms with Gasteiger partial charge in [-0.25, -0.2) is 0 Å². The molecule has 2 atom stereocenters. The first-order valence-corrected chi connectivity index (χ1v) is 5.22. The summed E-state index contributed by atoms with van der Waals surface area (Å²) in [5.74, 6) is 0. The molecule has 2 unspecified atom stereocenters. The molecule has 3 heteroatoms. The van der Waals surface area contributed by atoms with Crippen LogP contribution >= 0.6 is 22.6 Å². The normalized spacial score (nSPS) is 41.7. The Balaban J connectivity index is 1.96. The summed E-state index contributed by atoms with van der Waals surface area (Å²) in [6.45, 7) is 3.81. The number of piperazine rings is 1. The monoisotopic (exact) mass is 252 g/mol. The van der Waals surface area contributed by atoms with Gasteiger partial charge in [0.15, 0.2) is 0 Å². The van der Waals surface area contributed by atoms with E-state index in [2.05, 4.69) is 32.8 Å². The second-order valence-electron chi connectivity index (χ2n) is 3.17. The zero-order valence-electron chi connectivity index (χ0n) is 6.02. The number of nitrogens with zero attached hydrogens (tertiary/aromatic N) is 1. The molecule has 0 bridgehead atoms. The molecule has 0 aromatic heterocycles. The topological polar surface area (TPSA) is 15.3 Å². The minimum absolute atomic E-state index is 0.687. The molecule has 0 aromatic carbocycles. The van der Waals surface area contributed by atoms with E-state index in [9.17, 15) is 0 Å². The average molecular weight is 252 g/mol. The summed E-state index contributed by atoms with van der Waals surface area (Å²) in [5.41, 5.74) is 0. The van der Waals surface area contributed by atoms with Gasteiger partial charge < -0.3 is 5.32 Å². The van der Waals surface area contributed by atoms with Gasteiger partial charge in [-0.2, -0.15) is 0 Å². The molecule has 1 N–H and O–H groups in total. The van der Waals surface area contributed by atoms with Crippen LogP contribution in [0.25, 0.3) is 0 Å². The Morgan fingerprint density at radius 1 is 1.50 bits per heavy atom. The molecule has 2 heterocycles. The van der Waals surface area contributed by atoms with Crippen molar-refractivity contribution in [2.45, 2.75) is 22.9 Å². The predicted molar refractivity (Wildman–Crippen MR) is 50.4 cm³/mol. The third-order valence-electron chi connectivity index (χ3n) is 2.47. The molecular formula is C7H13IN2. The van der Waals surface area contributed by atoms with Gasteiger partial charge in [-0.1, -0.05) is 22.6 Å². The summed E-state index contributed by atoms with van der Waals surface area (Å²) in [6.07, 6.45) is 2.83. The third kappa shape index (κ3) is 1.31. The molecule has 0 amide bonds. The van der Waals surface area contributed by atoms with Crippen molar-refractivity contribution in [2.75, 3.05) is 19.6 Å². The highest BCUT2D eigenvalue weighted by Crippen LogP contribution is 2.21. The molecule has 10 heavy (non-hydrogen) atoms. The van der Waals surface area contributed by atoms with Gasteiger partial charge in [0, 0.05) is 19.1 Å². The zero-order chi connectivity index (χ0) is 6.97. The van der Waals surface area contributed by atoms with Gasteiger partial charge in [0.25, 0.3) is 0 Å². The molecule has 2 nitrogen and oxygen atoms in total. The molecule has 58 valence electrons. The van der Waals surface area contributed by atoms with Gasteiger partial charge in [-0.3, -0.25) is 4.90 Å². The van der Waals surface area contributed by atoms with Crippen molar-refractivity contribution in [1.82, 2.24) is 10.2 Å². The van der Waals surface area contributed by atoms with Crippen molar-refractivity contribution >= 4 is 22.6 Å². The highest BCUT2D eigenvalue weighted by Gasteiger charge is 2.29. The summed E-state index contributed by atoms with van der Waals surface area (Å²) >= 11 is 2.48. The van der Waals surface area contributed by atoms with E-state index in [1.807, 2.05) is 0 Å². The summed E-state index contributed by atoms with van der Waals surface area (Å²) in [6, 6.07) is 0.867. The second kappa shape index (κ2) is 2.95. The maximum atomic E-state index is 3.50. The fraction of sp³-hybridized carbons (Fsp3) is 1.00. The van der Waals surface area contributed by atoms with E-state index in [0.29, 0.717) is 4.05 Å². The first kappa shape index (κ1) is 7.31. The maximum Gasteiger partial charge on any atom is 0.0723 e. The Labute approximate surface area is 75.5 Å². The molecule has 2 saturated heterocycles. The molecule has 0 aromatic rings. The van der Waals surface area contributed by atoms with E-state index in [0.717, 1.165) is 6.04 Å². The Bertz CT molecular complexity index is 129. The van der Waals surface area contributed by atoms with Crippen LogP contribution in [0.3, 0.4) is 0 Å². The standard InChI is InChI=1S/C7H13IN2/c8-7-5-10-3-1-2-6(10)4-9-7/h6-7,9H,1-5H2. The molecule has 0 saturated carbocycles. The van der Waals surface area contributed by atoms with Crippen LogP contribution in [0.15, 0.2) is 0 Å². The van der Waals surface area contributed by atoms with Crippen molar-refractivity contribution in [3.63, 3.8) is 0 Å². The van der Waals surface area contributed by atoms with Gasteiger partial charge >= 0.3 is 0 Å². The van der Waals surface area contributed by atoms with E-state index >= 15 is 0 Å². The number of rotatable bonds is 0.